The van der Waals surface area contributed by atoms with E-state index >= 15 is 0 Å². The van der Waals surface area contributed by atoms with Gasteiger partial charge in [-0.2, -0.15) is 0 Å². The van der Waals surface area contributed by atoms with E-state index in [9.17, 15) is 23.6 Å². The van der Waals surface area contributed by atoms with E-state index in [4.69, 9.17) is 23.4 Å². The monoisotopic (exact) mass is 597 g/mol. The van der Waals surface area contributed by atoms with Crippen molar-refractivity contribution in [1.82, 2.24) is 4.57 Å². The smallest absolute Gasteiger partial charge is 0.422 e. The highest BCUT2D eigenvalue weighted by atomic mass is 19.1. The maximum Gasteiger partial charge on any atom is 0.422 e. The van der Waals surface area contributed by atoms with E-state index in [1.807, 2.05) is 0 Å². The standard InChI is InChI=1S/C33H24FNO9/c34-23-16-17-25-24(18-23)35(33(39)42-25)29-28(44-32(38)22-14-8-3-9-15-22)27(43-31(37)21-12-6-2-7-13-21)26(19-40-29)41-30(36)20-10-4-1-5-11-20/h1-18,26-29H,19H2/t26-,27+,28+,29+/m0/s1. The molecule has 0 amide bonds. The molecule has 1 aromatic heterocycles. The molecule has 0 spiro atoms. The van der Waals surface area contributed by atoms with Crippen molar-refractivity contribution in [3.8, 4) is 0 Å². The molecule has 0 bridgehead atoms. The Morgan fingerprint density at radius 2 is 1.18 bits per heavy atom. The van der Waals surface area contributed by atoms with Gasteiger partial charge in [0.1, 0.15) is 5.82 Å². The van der Waals surface area contributed by atoms with Gasteiger partial charge in [-0.15, -0.1) is 0 Å². The maximum absolute atomic E-state index is 14.3. The Hall–Kier alpha value is -5.55. The molecule has 1 fully saturated rings. The minimum atomic E-state index is -1.57. The molecule has 5 aromatic rings. The van der Waals surface area contributed by atoms with Crippen LogP contribution in [-0.4, -0.2) is 47.4 Å². The number of oxazole rings is 1. The van der Waals surface area contributed by atoms with Gasteiger partial charge in [0.05, 0.1) is 28.8 Å². The Kier molecular flexibility index (Phi) is 8.02. The third-order valence-corrected chi connectivity index (χ3v) is 7.00. The van der Waals surface area contributed by atoms with E-state index < -0.39 is 54.0 Å². The Morgan fingerprint density at radius 1 is 0.682 bits per heavy atom. The molecule has 44 heavy (non-hydrogen) atoms. The largest absolute Gasteiger partial charge is 0.452 e. The maximum atomic E-state index is 14.3. The molecule has 0 saturated carbocycles. The first-order chi connectivity index (χ1) is 21.4. The fourth-order valence-corrected chi connectivity index (χ4v) is 4.91. The molecule has 0 aliphatic carbocycles. The number of halogens is 1. The number of fused-ring (bicyclic) bond motifs is 1. The van der Waals surface area contributed by atoms with Gasteiger partial charge < -0.3 is 23.4 Å². The second kappa shape index (κ2) is 12.4. The summed E-state index contributed by atoms with van der Waals surface area (Å²) in [4.78, 5) is 52.9. The number of carbonyl (C=O) groups excluding carboxylic acids is 3. The van der Waals surface area contributed by atoms with Crippen molar-refractivity contribution >= 4 is 29.0 Å². The van der Waals surface area contributed by atoms with Crippen LogP contribution >= 0.6 is 0 Å². The van der Waals surface area contributed by atoms with Gasteiger partial charge in [-0.25, -0.2) is 28.1 Å². The number of aromatic nitrogens is 1. The van der Waals surface area contributed by atoms with Crippen molar-refractivity contribution in [1.29, 1.82) is 0 Å². The summed E-state index contributed by atoms with van der Waals surface area (Å²) < 4.78 is 44.1. The average Bonchev–Trinajstić information content (AvgIpc) is 3.38. The van der Waals surface area contributed by atoms with Crippen molar-refractivity contribution in [2.45, 2.75) is 24.5 Å². The molecule has 1 aliphatic heterocycles. The number of nitrogens with zero attached hydrogens (tertiary/aromatic N) is 1. The van der Waals surface area contributed by atoms with Crippen molar-refractivity contribution < 1.29 is 42.1 Å². The third-order valence-electron chi connectivity index (χ3n) is 7.00. The molecule has 6 rings (SSSR count). The number of rotatable bonds is 7. The van der Waals surface area contributed by atoms with Gasteiger partial charge in [0.15, 0.2) is 30.1 Å². The van der Waals surface area contributed by atoms with Crippen molar-refractivity contribution in [2.75, 3.05) is 6.61 Å². The second-order valence-electron chi connectivity index (χ2n) is 9.86. The summed E-state index contributed by atoms with van der Waals surface area (Å²) in [6.07, 6.45) is -5.81. The Morgan fingerprint density at radius 3 is 1.73 bits per heavy atom. The van der Waals surface area contributed by atoms with Gasteiger partial charge >= 0.3 is 23.7 Å². The first-order valence-corrected chi connectivity index (χ1v) is 13.6. The highest BCUT2D eigenvalue weighted by Crippen LogP contribution is 2.33. The first-order valence-electron chi connectivity index (χ1n) is 13.6. The topological polar surface area (TPSA) is 123 Å². The van der Waals surface area contributed by atoms with Crippen LogP contribution in [0.2, 0.25) is 0 Å². The lowest BCUT2D eigenvalue weighted by Gasteiger charge is -2.40. The van der Waals surface area contributed by atoms with Crippen molar-refractivity contribution in [3.05, 3.63) is 142 Å². The van der Waals surface area contributed by atoms with Gasteiger partial charge in [-0.1, -0.05) is 54.6 Å². The summed E-state index contributed by atoms with van der Waals surface area (Å²) >= 11 is 0. The summed E-state index contributed by atoms with van der Waals surface area (Å²) in [5.41, 5.74) is 0.591. The molecule has 222 valence electrons. The van der Waals surface area contributed by atoms with Crippen LogP contribution in [0.4, 0.5) is 4.39 Å². The highest BCUT2D eigenvalue weighted by molar-refractivity contribution is 5.91. The van der Waals surface area contributed by atoms with Crippen LogP contribution in [0, 0.1) is 5.82 Å². The van der Waals surface area contributed by atoms with Crippen LogP contribution < -0.4 is 5.76 Å². The number of esters is 3. The lowest BCUT2D eigenvalue weighted by Crippen LogP contribution is -2.56. The molecule has 10 nitrogen and oxygen atoms in total. The lowest BCUT2D eigenvalue weighted by molar-refractivity contribution is -0.212. The SMILES string of the molecule is O=C(O[C@@H]1[C@H](OC(=O)c2ccccc2)[C@@H](OC(=O)c2ccccc2)CO[C@H]1n1c(=O)oc2ccc(F)cc21)c1ccccc1. The first kappa shape index (κ1) is 28.6. The number of carbonyl (C=O) groups is 3. The van der Waals surface area contributed by atoms with E-state index in [2.05, 4.69) is 0 Å². The lowest BCUT2D eigenvalue weighted by atomic mass is 10.0. The normalized spacial score (nSPS) is 19.7. The summed E-state index contributed by atoms with van der Waals surface area (Å²) in [5.74, 6) is -4.01. The van der Waals surface area contributed by atoms with Crippen LogP contribution in [0.25, 0.3) is 11.1 Å². The third kappa shape index (κ3) is 5.86. The molecule has 1 aliphatic rings. The Bertz CT molecular complexity index is 1850. The minimum Gasteiger partial charge on any atom is -0.452 e. The quantitative estimate of drug-likeness (QED) is 0.190. The van der Waals surface area contributed by atoms with Crippen LogP contribution in [0.1, 0.15) is 37.3 Å². The molecule has 4 aromatic carbocycles. The van der Waals surface area contributed by atoms with Gasteiger partial charge in [0, 0.05) is 6.07 Å². The van der Waals surface area contributed by atoms with E-state index in [0.29, 0.717) is 0 Å². The van der Waals surface area contributed by atoms with Crippen LogP contribution in [0.3, 0.4) is 0 Å². The molecule has 1 saturated heterocycles. The molecule has 0 radical (unpaired) electrons. The number of hydrogen-bond acceptors (Lipinski definition) is 9. The fourth-order valence-electron chi connectivity index (χ4n) is 4.91. The van der Waals surface area contributed by atoms with Gasteiger partial charge in [0.2, 0.25) is 0 Å². The van der Waals surface area contributed by atoms with E-state index in [-0.39, 0.29) is 34.4 Å². The molecule has 11 heteroatoms. The van der Waals surface area contributed by atoms with Crippen molar-refractivity contribution in [3.63, 3.8) is 0 Å². The number of ether oxygens (including phenoxy) is 4. The number of benzene rings is 4. The van der Waals surface area contributed by atoms with Crippen LogP contribution in [0.15, 0.2) is 118 Å². The number of hydrogen-bond donors (Lipinski definition) is 0. The molecular formula is C33H24FNO9. The minimum absolute atomic E-state index is 0.00799. The average molecular weight is 598 g/mol. The molecule has 0 unspecified atom stereocenters. The zero-order chi connectivity index (χ0) is 30.6. The zero-order valence-electron chi connectivity index (χ0n) is 22.9. The summed E-state index contributed by atoms with van der Waals surface area (Å²) in [6.45, 7) is -0.385. The predicted molar refractivity (Wildman–Crippen MR) is 152 cm³/mol. The van der Waals surface area contributed by atoms with Crippen molar-refractivity contribution in [2.24, 2.45) is 0 Å². The predicted octanol–water partition coefficient (Wildman–Crippen LogP) is 4.94. The van der Waals surface area contributed by atoms with E-state index in [0.717, 1.165) is 16.7 Å². The van der Waals surface area contributed by atoms with Gasteiger partial charge in [-0.05, 0) is 48.5 Å². The Balaban J connectivity index is 1.44. The van der Waals surface area contributed by atoms with Crippen LogP contribution in [-0.2, 0) is 18.9 Å². The Labute approximate surface area is 249 Å². The molecule has 2 heterocycles. The van der Waals surface area contributed by atoms with Crippen LogP contribution in [0.5, 0.6) is 0 Å². The fraction of sp³-hybridized carbons (Fsp3) is 0.152. The van der Waals surface area contributed by atoms with Gasteiger partial charge in [0.25, 0.3) is 0 Å². The summed E-state index contributed by atoms with van der Waals surface area (Å²) in [5, 5.41) is 0. The van der Waals surface area contributed by atoms with E-state index in [1.165, 1.54) is 30.3 Å². The summed E-state index contributed by atoms with van der Waals surface area (Å²) in [7, 11) is 0. The summed E-state index contributed by atoms with van der Waals surface area (Å²) in [6, 6.07) is 27.6. The molecule has 0 N–H and O–H groups in total. The highest BCUT2D eigenvalue weighted by Gasteiger charge is 2.49. The molecular weight excluding hydrogens is 573 g/mol. The molecule has 4 atom stereocenters. The second-order valence-corrected chi connectivity index (χ2v) is 9.86. The zero-order valence-corrected chi connectivity index (χ0v) is 22.9. The van der Waals surface area contributed by atoms with E-state index in [1.54, 1.807) is 66.7 Å². The van der Waals surface area contributed by atoms with Gasteiger partial charge in [-0.3, -0.25) is 0 Å².